The molecule has 16 nitrogen and oxygen atoms in total. The van der Waals surface area contributed by atoms with Crippen LogP contribution in [0.4, 0.5) is 4.79 Å². The lowest BCUT2D eigenvalue weighted by atomic mass is 10.1. The van der Waals surface area contributed by atoms with Gasteiger partial charge in [0.15, 0.2) is 0 Å². The molecule has 2 atom stereocenters. The summed E-state index contributed by atoms with van der Waals surface area (Å²) in [6.07, 6.45) is 3.65. The van der Waals surface area contributed by atoms with Gasteiger partial charge in [-0.1, -0.05) is 108 Å². The Bertz CT molecular complexity index is 1560. The molecule has 0 saturated heterocycles. The Morgan fingerprint density at radius 1 is 0.733 bits per heavy atom. The van der Waals surface area contributed by atoms with Gasteiger partial charge in [0, 0.05) is 25.5 Å². The Labute approximate surface area is 368 Å². The molecule has 0 aliphatic carbocycles. The summed E-state index contributed by atoms with van der Waals surface area (Å²) in [5.41, 5.74) is -1.30. The highest BCUT2D eigenvalue weighted by Crippen LogP contribution is 2.28. The van der Waals surface area contributed by atoms with E-state index in [-0.39, 0.29) is 39.4 Å². The Hall–Kier alpha value is -3.73. The normalized spacial score (nSPS) is 13.6. The lowest BCUT2D eigenvalue weighted by Gasteiger charge is -2.40. The number of esters is 3. The van der Waals surface area contributed by atoms with Crippen molar-refractivity contribution in [1.29, 1.82) is 10.8 Å². The number of ether oxygens (including phenoxy) is 4. The molecule has 2 aromatic carbocycles. The van der Waals surface area contributed by atoms with Crippen molar-refractivity contribution in [3.05, 3.63) is 71.8 Å². The molecule has 0 aliphatic rings. The van der Waals surface area contributed by atoms with E-state index in [0.717, 1.165) is 28.5 Å². The lowest BCUT2D eigenvalue weighted by molar-refractivity contribution is -0.148. The second kappa shape index (κ2) is 28.0. The summed E-state index contributed by atoms with van der Waals surface area (Å²) in [6.45, 7) is 4.23. The van der Waals surface area contributed by atoms with Crippen LogP contribution in [-0.2, 0) is 51.1 Å². The van der Waals surface area contributed by atoms with Crippen LogP contribution in [0, 0.1) is 10.8 Å². The highest BCUT2D eigenvalue weighted by Gasteiger charge is 2.44. The van der Waals surface area contributed by atoms with Crippen molar-refractivity contribution >= 4 is 79.7 Å². The van der Waals surface area contributed by atoms with Gasteiger partial charge in [-0.15, -0.1) is 0 Å². The molecular weight excluding hydrogens is 860 g/mol. The number of amides is 1. The Morgan fingerprint density at radius 2 is 1.18 bits per heavy atom. The average Bonchev–Trinajstić information content (AvgIpc) is 3.21. The number of rotatable bonds is 29. The molecule has 0 heterocycles. The minimum Gasteiger partial charge on any atom is -0.460 e. The SMILES string of the molecule is CC(C)(C)OC(=O)N(CC(=O)OCC(Cl)(Cl)Cl)C(NCCCCC(NCC=N)C(=O)OCc1ccccc1)(NCCCCC(NCC=N)C(=O)OCc1ccccc1)P=O. The molecule has 0 saturated carbocycles. The van der Waals surface area contributed by atoms with E-state index in [4.69, 9.17) is 64.6 Å². The van der Waals surface area contributed by atoms with Gasteiger partial charge in [0.25, 0.3) is 0 Å². The van der Waals surface area contributed by atoms with Crippen molar-refractivity contribution in [2.75, 3.05) is 39.3 Å². The Morgan fingerprint density at radius 3 is 1.57 bits per heavy atom. The number of nitrogens with zero attached hydrogens (tertiary/aromatic N) is 1. The molecule has 332 valence electrons. The molecule has 0 aromatic heterocycles. The molecule has 0 bridgehead atoms. The summed E-state index contributed by atoms with van der Waals surface area (Å²) in [6, 6.07) is 17.0. The monoisotopic (exact) mass is 915 g/mol. The van der Waals surface area contributed by atoms with Crippen LogP contribution in [0.15, 0.2) is 60.7 Å². The minimum absolute atomic E-state index is 0.0880. The van der Waals surface area contributed by atoms with Gasteiger partial charge in [-0.25, -0.2) is 4.79 Å². The van der Waals surface area contributed by atoms with Crippen molar-refractivity contribution in [2.45, 2.75) is 99.5 Å². The zero-order valence-electron chi connectivity index (χ0n) is 34.2. The highest BCUT2D eigenvalue weighted by molar-refractivity contribution is 7.25. The summed E-state index contributed by atoms with van der Waals surface area (Å²) in [5.74, 6) is -1.94. The molecule has 0 fully saturated rings. The second-order valence-corrected chi connectivity index (χ2v) is 17.8. The fraction of sp³-hybridized carbons (Fsp3) is 0.550. The van der Waals surface area contributed by atoms with Crippen LogP contribution in [-0.4, -0.2) is 108 Å². The maximum absolute atomic E-state index is 13.8. The van der Waals surface area contributed by atoms with E-state index in [2.05, 4.69) is 21.3 Å². The average molecular weight is 917 g/mol. The fourth-order valence-electron chi connectivity index (χ4n) is 5.47. The molecule has 2 aromatic rings. The fourth-order valence-corrected chi connectivity index (χ4v) is 6.24. The highest BCUT2D eigenvalue weighted by atomic mass is 35.6. The number of hydrogen-bond acceptors (Lipinski definition) is 15. The predicted octanol–water partition coefficient (Wildman–Crippen LogP) is 6.26. The first kappa shape index (κ1) is 52.4. The number of nitrogens with one attached hydrogen (secondary N) is 6. The number of carbonyl (C=O) groups excluding carboxylic acids is 4. The maximum atomic E-state index is 13.8. The number of alkyl halides is 3. The van der Waals surface area contributed by atoms with Crippen LogP contribution in [0.2, 0.25) is 0 Å². The number of hydrogen-bond donors (Lipinski definition) is 6. The summed E-state index contributed by atoms with van der Waals surface area (Å²) in [4.78, 5) is 53.7. The summed E-state index contributed by atoms with van der Waals surface area (Å²) in [7, 11) is -0.675. The molecule has 20 heteroatoms. The van der Waals surface area contributed by atoms with Crippen molar-refractivity contribution in [3.8, 4) is 0 Å². The lowest BCUT2D eigenvalue weighted by Crippen LogP contribution is -2.67. The summed E-state index contributed by atoms with van der Waals surface area (Å²) in [5, 5.41) is 27.1. The smallest absolute Gasteiger partial charge is 0.414 e. The van der Waals surface area contributed by atoms with Gasteiger partial charge < -0.3 is 29.8 Å². The van der Waals surface area contributed by atoms with E-state index in [1.165, 1.54) is 0 Å². The van der Waals surface area contributed by atoms with E-state index >= 15 is 0 Å². The first-order valence-corrected chi connectivity index (χ1v) is 21.4. The Kier molecular flexibility index (Phi) is 24.4. The molecule has 6 N–H and O–H groups in total. The molecule has 2 unspecified atom stereocenters. The van der Waals surface area contributed by atoms with Crippen molar-refractivity contribution in [1.82, 2.24) is 26.2 Å². The molecule has 0 radical (unpaired) electrons. The number of benzene rings is 2. The van der Waals surface area contributed by atoms with Crippen molar-refractivity contribution in [3.63, 3.8) is 0 Å². The van der Waals surface area contributed by atoms with E-state index in [1.54, 1.807) is 20.8 Å². The third-order valence-corrected chi connectivity index (χ3v) is 9.50. The molecule has 0 spiro atoms. The second-order valence-electron chi connectivity index (χ2n) is 14.5. The largest absolute Gasteiger partial charge is 0.460 e. The van der Waals surface area contributed by atoms with Crippen LogP contribution >= 0.6 is 43.3 Å². The first-order valence-electron chi connectivity index (χ1n) is 19.5. The van der Waals surface area contributed by atoms with E-state index in [1.807, 2.05) is 60.7 Å². The van der Waals surface area contributed by atoms with Gasteiger partial charge in [-0.05, 0) is 70.7 Å². The Balaban J connectivity index is 2.22. The predicted molar refractivity (Wildman–Crippen MR) is 232 cm³/mol. The third-order valence-electron chi connectivity index (χ3n) is 8.35. The van der Waals surface area contributed by atoms with Crippen molar-refractivity contribution in [2.24, 2.45) is 0 Å². The molecular formula is C40H57Cl3N7O9P. The van der Waals surface area contributed by atoms with Gasteiger partial charge in [0.1, 0.15) is 44.1 Å². The topological polar surface area (TPSA) is 221 Å². The van der Waals surface area contributed by atoms with Gasteiger partial charge >= 0.3 is 24.0 Å². The standard InChI is InChI=1S/C40H57Cl3N7O9P/c1-38(2,3)59-37(54)50(26-34(51)58-29-39(41,42)43)40(60-55,48-22-12-10-18-32(46-24-20-44)35(52)56-27-30-14-6-4-7-15-30)49-23-13-11-19-33(47-25-21-45)36(53)57-28-31-16-8-5-9-17-31/h4-9,14-17,20-21,32-33,44-49H,10-13,18-19,22-29H2,1-3H3. The number of carbonyl (C=O) groups is 4. The van der Waals surface area contributed by atoms with Crippen LogP contribution in [0.25, 0.3) is 0 Å². The van der Waals surface area contributed by atoms with Crippen LogP contribution in [0.1, 0.15) is 70.4 Å². The summed E-state index contributed by atoms with van der Waals surface area (Å²) >= 11 is 17.4. The van der Waals surface area contributed by atoms with E-state index in [9.17, 15) is 23.7 Å². The molecule has 60 heavy (non-hydrogen) atoms. The third kappa shape index (κ3) is 21.7. The zero-order chi connectivity index (χ0) is 44.4. The van der Waals surface area contributed by atoms with Gasteiger partial charge in [-0.2, -0.15) is 0 Å². The first-order chi connectivity index (χ1) is 28.5. The minimum atomic E-state index is -1.93. The maximum Gasteiger partial charge on any atom is 0.414 e. The molecule has 0 aliphatic heterocycles. The molecule has 2 rings (SSSR count). The van der Waals surface area contributed by atoms with Crippen LogP contribution in [0.3, 0.4) is 0 Å². The summed E-state index contributed by atoms with van der Waals surface area (Å²) < 4.78 is 33.2. The van der Waals surface area contributed by atoms with Gasteiger partial charge in [0.2, 0.25) is 17.8 Å². The van der Waals surface area contributed by atoms with Crippen molar-refractivity contribution < 1.29 is 42.7 Å². The molecule has 1 amide bonds. The number of halogens is 3. The van der Waals surface area contributed by atoms with Crippen LogP contribution < -0.4 is 21.3 Å². The van der Waals surface area contributed by atoms with Gasteiger partial charge in [-0.3, -0.25) is 45.1 Å². The number of unbranched alkanes of at least 4 members (excludes halogenated alkanes) is 2. The zero-order valence-corrected chi connectivity index (χ0v) is 37.3. The van der Waals surface area contributed by atoms with Crippen LogP contribution in [0.5, 0.6) is 0 Å². The van der Waals surface area contributed by atoms with Gasteiger partial charge in [0.05, 0.1) is 0 Å². The quantitative estimate of drug-likeness (QED) is 0.0101. The van der Waals surface area contributed by atoms with E-state index in [0.29, 0.717) is 38.5 Å². The van der Waals surface area contributed by atoms with E-state index < -0.39 is 72.6 Å².